The summed E-state index contributed by atoms with van der Waals surface area (Å²) in [6.07, 6.45) is 0. The third-order valence-corrected chi connectivity index (χ3v) is 3.57. The molecule has 2 aromatic heterocycles. The highest BCUT2D eigenvalue weighted by Crippen LogP contribution is 2.30. The van der Waals surface area contributed by atoms with Crippen molar-refractivity contribution in [2.24, 2.45) is 0 Å². The molecule has 2 N–H and O–H groups in total. The molecule has 7 heteroatoms. The Morgan fingerprint density at radius 3 is 1.56 bits per heavy atom. The van der Waals surface area contributed by atoms with E-state index in [9.17, 15) is 10.2 Å². The Labute approximate surface area is 141 Å². The van der Waals surface area contributed by atoms with Gasteiger partial charge in [0.25, 0.3) is 0 Å². The van der Waals surface area contributed by atoms with Gasteiger partial charge in [-0.05, 0) is 24.3 Å². The van der Waals surface area contributed by atoms with Crippen LogP contribution in [0.2, 0.25) is 0 Å². The Balaban J connectivity index is 1.52. The van der Waals surface area contributed by atoms with Gasteiger partial charge in [-0.3, -0.25) is 9.78 Å². The van der Waals surface area contributed by atoms with Crippen LogP contribution < -0.4 is 9.78 Å². The monoisotopic (exact) mass is 336 g/mol. The highest BCUT2D eigenvalue weighted by Gasteiger charge is 2.12. The maximum atomic E-state index is 9.91. The third kappa shape index (κ3) is 2.96. The molecule has 2 aromatic carbocycles. The summed E-state index contributed by atoms with van der Waals surface area (Å²) in [4.78, 5) is 18.0. The Bertz CT molecular complexity index is 982. The van der Waals surface area contributed by atoms with E-state index in [1.807, 2.05) is 24.3 Å². The van der Waals surface area contributed by atoms with Crippen LogP contribution in [0.3, 0.4) is 0 Å². The van der Waals surface area contributed by atoms with Crippen molar-refractivity contribution in [3.05, 3.63) is 60.7 Å². The van der Waals surface area contributed by atoms with E-state index in [0.717, 1.165) is 10.8 Å². The van der Waals surface area contributed by atoms with Crippen molar-refractivity contribution in [1.29, 1.82) is 0 Å². The first-order valence-corrected chi connectivity index (χ1v) is 7.39. The van der Waals surface area contributed by atoms with Crippen molar-refractivity contribution < 1.29 is 25.0 Å². The molecule has 2 heterocycles. The van der Waals surface area contributed by atoms with Crippen LogP contribution in [0, 0.1) is 0 Å². The second-order valence-corrected chi connectivity index (χ2v) is 5.25. The van der Waals surface area contributed by atoms with Gasteiger partial charge in [0.1, 0.15) is 0 Å². The fourth-order valence-corrected chi connectivity index (χ4v) is 2.38. The van der Waals surface area contributed by atoms with E-state index in [4.69, 9.17) is 9.78 Å². The molecule has 0 aliphatic rings. The minimum Gasteiger partial charge on any atom is -0.503 e. The Kier molecular flexibility index (Phi) is 3.68. The lowest BCUT2D eigenvalue weighted by Gasteiger charge is -2.07. The van der Waals surface area contributed by atoms with Crippen molar-refractivity contribution >= 4 is 21.8 Å². The standard InChI is InChI=1S/C18H12N2O5/c21-15-9-11-5-1-3-7-13(11)19-17(15)23-25-24-18-16(22)10-12-6-2-4-8-14(12)20-18/h1-10,21-22H. The molecule has 0 spiro atoms. The number of hydrogen-bond donors (Lipinski definition) is 2. The summed E-state index contributed by atoms with van der Waals surface area (Å²) in [5, 5.41) is 26.0. The van der Waals surface area contributed by atoms with Crippen LogP contribution in [0.15, 0.2) is 60.7 Å². The van der Waals surface area contributed by atoms with Gasteiger partial charge in [-0.25, -0.2) is 9.97 Å². The molecule has 0 saturated heterocycles. The number of benzene rings is 2. The molecule has 0 aliphatic heterocycles. The third-order valence-electron chi connectivity index (χ3n) is 3.57. The maximum Gasteiger partial charge on any atom is 0.303 e. The highest BCUT2D eigenvalue weighted by molar-refractivity contribution is 5.81. The first-order chi connectivity index (χ1) is 12.2. The van der Waals surface area contributed by atoms with Crippen LogP contribution in [0.25, 0.3) is 21.8 Å². The van der Waals surface area contributed by atoms with Crippen LogP contribution >= 0.6 is 0 Å². The average Bonchev–Trinajstić information content (AvgIpc) is 2.62. The summed E-state index contributed by atoms with van der Waals surface area (Å²) >= 11 is 0. The number of aromatic nitrogens is 2. The van der Waals surface area contributed by atoms with Crippen LogP contribution in [0.1, 0.15) is 0 Å². The Morgan fingerprint density at radius 2 is 1.08 bits per heavy atom. The van der Waals surface area contributed by atoms with Gasteiger partial charge in [0, 0.05) is 15.8 Å². The SMILES string of the molecule is Oc1cc2ccccc2nc1OOOc1nc2ccccc2cc1O. The van der Waals surface area contributed by atoms with Gasteiger partial charge in [0.05, 0.1) is 11.0 Å². The van der Waals surface area contributed by atoms with Gasteiger partial charge >= 0.3 is 11.8 Å². The summed E-state index contributed by atoms with van der Waals surface area (Å²) < 4.78 is 0. The normalized spacial score (nSPS) is 10.9. The fraction of sp³-hybridized carbons (Fsp3) is 0. The molecule has 0 bridgehead atoms. The Morgan fingerprint density at radius 1 is 0.640 bits per heavy atom. The number of hydrogen-bond acceptors (Lipinski definition) is 7. The van der Waals surface area contributed by atoms with Gasteiger partial charge < -0.3 is 10.2 Å². The van der Waals surface area contributed by atoms with E-state index in [1.165, 1.54) is 12.1 Å². The predicted molar refractivity (Wildman–Crippen MR) is 89.2 cm³/mol. The highest BCUT2D eigenvalue weighted by atomic mass is 17.5. The first kappa shape index (κ1) is 15.0. The Hall–Kier alpha value is -3.58. The average molecular weight is 336 g/mol. The second kappa shape index (κ2) is 6.14. The molecule has 4 rings (SSSR count). The maximum absolute atomic E-state index is 9.91. The molecule has 4 aromatic rings. The molecule has 0 saturated carbocycles. The molecule has 0 fully saturated rings. The number of aromatic hydroxyl groups is 2. The molecular formula is C18H12N2O5. The topological polar surface area (TPSA) is 93.9 Å². The largest absolute Gasteiger partial charge is 0.503 e. The van der Waals surface area contributed by atoms with E-state index >= 15 is 0 Å². The van der Waals surface area contributed by atoms with Crippen molar-refractivity contribution in [1.82, 2.24) is 9.97 Å². The smallest absolute Gasteiger partial charge is 0.303 e. The zero-order chi connectivity index (χ0) is 17.2. The lowest BCUT2D eigenvalue weighted by molar-refractivity contribution is -0.414. The molecule has 124 valence electrons. The lowest BCUT2D eigenvalue weighted by Crippen LogP contribution is -2.05. The predicted octanol–water partition coefficient (Wildman–Crippen LogP) is 3.50. The van der Waals surface area contributed by atoms with E-state index < -0.39 is 0 Å². The zero-order valence-electron chi connectivity index (χ0n) is 12.8. The summed E-state index contributed by atoms with van der Waals surface area (Å²) in [6, 6.07) is 17.4. The van der Waals surface area contributed by atoms with Crippen LogP contribution in [-0.2, 0) is 5.04 Å². The van der Waals surface area contributed by atoms with E-state index in [0.29, 0.717) is 11.0 Å². The molecule has 25 heavy (non-hydrogen) atoms. The minimum absolute atomic E-state index is 0.168. The minimum atomic E-state index is -0.210. The van der Waals surface area contributed by atoms with Crippen LogP contribution in [-0.4, -0.2) is 20.2 Å². The van der Waals surface area contributed by atoms with Crippen molar-refractivity contribution in [2.75, 3.05) is 0 Å². The van der Waals surface area contributed by atoms with Crippen LogP contribution in [0.4, 0.5) is 0 Å². The van der Waals surface area contributed by atoms with E-state index in [1.54, 1.807) is 24.3 Å². The number of rotatable bonds is 4. The molecular weight excluding hydrogens is 324 g/mol. The van der Waals surface area contributed by atoms with E-state index in [-0.39, 0.29) is 23.3 Å². The van der Waals surface area contributed by atoms with Gasteiger partial charge in [-0.15, -0.1) is 0 Å². The van der Waals surface area contributed by atoms with Gasteiger partial charge in [-0.1, -0.05) is 36.4 Å². The quantitative estimate of drug-likeness (QED) is 0.435. The van der Waals surface area contributed by atoms with Crippen molar-refractivity contribution in [3.8, 4) is 23.3 Å². The summed E-state index contributed by atoms with van der Waals surface area (Å²) in [5.74, 6) is -0.756. The molecule has 7 nitrogen and oxygen atoms in total. The lowest BCUT2D eigenvalue weighted by atomic mass is 10.2. The second-order valence-electron chi connectivity index (χ2n) is 5.25. The number of fused-ring (bicyclic) bond motifs is 2. The number of pyridine rings is 2. The molecule has 0 aliphatic carbocycles. The molecule has 0 atom stereocenters. The zero-order valence-corrected chi connectivity index (χ0v) is 12.8. The van der Waals surface area contributed by atoms with Crippen LogP contribution in [0.5, 0.6) is 23.3 Å². The van der Waals surface area contributed by atoms with Gasteiger partial charge in [0.15, 0.2) is 11.5 Å². The molecule has 0 amide bonds. The number of nitrogens with zero attached hydrogens (tertiary/aromatic N) is 2. The van der Waals surface area contributed by atoms with Crippen molar-refractivity contribution in [3.63, 3.8) is 0 Å². The summed E-state index contributed by atoms with van der Waals surface area (Å²) in [7, 11) is 0. The van der Waals surface area contributed by atoms with Crippen molar-refractivity contribution in [2.45, 2.75) is 0 Å². The summed E-state index contributed by atoms with van der Waals surface area (Å²) in [6.45, 7) is 0. The molecule has 0 unspecified atom stereocenters. The summed E-state index contributed by atoms with van der Waals surface area (Å²) in [5.41, 5.74) is 1.23. The first-order valence-electron chi connectivity index (χ1n) is 7.39. The number of para-hydroxylation sites is 2. The van der Waals surface area contributed by atoms with Gasteiger partial charge in [-0.2, -0.15) is 0 Å². The van der Waals surface area contributed by atoms with Gasteiger partial charge in [0.2, 0.25) is 0 Å². The van der Waals surface area contributed by atoms with E-state index in [2.05, 4.69) is 15.0 Å². The fourth-order valence-electron chi connectivity index (χ4n) is 2.38. The molecule has 0 radical (unpaired) electrons.